The number of rotatable bonds is 3. The van der Waals surface area contributed by atoms with Crippen LogP contribution in [0.15, 0.2) is 33.8 Å². The van der Waals surface area contributed by atoms with Gasteiger partial charge in [0.2, 0.25) is 11.8 Å². The van der Waals surface area contributed by atoms with Crippen LogP contribution in [0.25, 0.3) is 0 Å². The number of aromatic nitrogens is 3. The Labute approximate surface area is 85.8 Å². The van der Waals surface area contributed by atoms with E-state index in [0.717, 1.165) is 5.03 Å². The van der Waals surface area contributed by atoms with Crippen LogP contribution in [-0.2, 0) is 5.75 Å². The first kappa shape index (κ1) is 9.21. The Bertz CT molecular complexity index is 401. The lowest BCUT2D eigenvalue weighted by atomic mass is 10.5. The topological polar surface area (TPSA) is 51.8 Å². The summed E-state index contributed by atoms with van der Waals surface area (Å²) >= 11 is 1.58. The molecule has 72 valence electrons. The maximum atomic E-state index is 5.23. The van der Waals surface area contributed by atoms with Crippen molar-refractivity contribution in [2.45, 2.75) is 17.7 Å². The van der Waals surface area contributed by atoms with E-state index in [9.17, 15) is 0 Å². The number of aryl methyl sites for hydroxylation is 1. The molecule has 0 saturated heterocycles. The van der Waals surface area contributed by atoms with Gasteiger partial charge in [0.15, 0.2) is 0 Å². The number of nitrogens with zero attached hydrogens (tertiary/aromatic N) is 3. The van der Waals surface area contributed by atoms with E-state index in [4.69, 9.17) is 4.42 Å². The molecule has 0 aliphatic carbocycles. The van der Waals surface area contributed by atoms with Gasteiger partial charge in [-0.15, -0.1) is 10.2 Å². The van der Waals surface area contributed by atoms with Gasteiger partial charge in [0.05, 0.1) is 10.8 Å². The van der Waals surface area contributed by atoms with Crippen molar-refractivity contribution in [1.82, 2.24) is 15.2 Å². The second kappa shape index (κ2) is 4.23. The zero-order valence-electron chi connectivity index (χ0n) is 7.67. The molecule has 0 saturated carbocycles. The lowest BCUT2D eigenvalue weighted by molar-refractivity contribution is 0.485. The minimum absolute atomic E-state index is 0.599. The zero-order chi connectivity index (χ0) is 9.80. The Morgan fingerprint density at radius 2 is 2.29 bits per heavy atom. The van der Waals surface area contributed by atoms with Gasteiger partial charge in [0, 0.05) is 13.1 Å². The van der Waals surface area contributed by atoms with Gasteiger partial charge in [-0.2, -0.15) is 0 Å². The van der Waals surface area contributed by atoms with E-state index in [-0.39, 0.29) is 0 Å². The largest absolute Gasteiger partial charge is 0.425 e. The minimum atomic E-state index is 0.599. The maximum absolute atomic E-state index is 5.23. The Morgan fingerprint density at radius 1 is 1.36 bits per heavy atom. The van der Waals surface area contributed by atoms with Gasteiger partial charge in [-0.25, -0.2) is 4.98 Å². The van der Waals surface area contributed by atoms with Crippen LogP contribution in [0.1, 0.15) is 11.8 Å². The highest BCUT2D eigenvalue weighted by atomic mass is 32.2. The average Bonchev–Trinajstić information content (AvgIpc) is 2.63. The fourth-order valence-corrected chi connectivity index (χ4v) is 1.66. The molecule has 0 fully saturated rings. The molecule has 4 nitrogen and oxygen atoms in total. The van der Waals surface area contributed by atoms with Gasteiger partial charge in [0.25, 0.3) is 0 Å². The summed E-state index contributed by atoms with van der Waals surface area (Å²) in [6, 6.07) is 5.79. The SMILES string of the molecule is Cc1nnc(CSc2ccccn2)o1. The molecule has 2 aromatic rings. The fraction of sp³-hybridized carbons (Fsp3) is 0.222. The molecule has 5 heteroatoms. The molecule has 2 rings (SSSR count). The van der Waals surface area contributed by atoms with Crippen LogP contribution >= 0.6 is 11.8 Å². The van der Waals surface area contributed by atoms with E-state index >= 15 is 0 Å². The maximum Gasteiger partial charge on any atom is 0.226 e. The van der Waals surface area contributed by atoms with Crippen molar-refractivity contribution in [3.05, 3.63) is 36.2 Å². The van der Waals surface area contributed by atoms with Crippen LogP contribution < -0.4 is 0 Å². The second-order valence-corrected chi connectivity index (χ2v) is 3.67. The predicted octanol–water partition coefficient (Wildman–Crippen LogP) is 2.07. The predicted molar refractivity (Wildman–Crippen MR) is 52.8 cm³/mol. The monoisotopic (exact) mass is 207 g/mol. The third-order valence-electron chi connectivity index (χ3n) is 1.55. The van der Waals surface area contributed by atoms with E-state index in [1.807, 2.05) is 18.2 Å². The van der Waals surface area contributed by atoms with Crippen LogP contribution in [0.3, 0.4) is 0 Å². The van der Waals surface area contributed by atoms with Crippen molar-refractivity contribution in [1.29, 1.82) is 0 Å². The average molecular weight is 207 g/mol. The number of thioether (sulfide) groups is 1. The molecule has 0 radical (unpaired) electrons. The summed E-state index contributed by atoms with van der Waals surface area (Å²) in [4.78, 5) is 4.17. The molecule has 2 aromatic heterocycles. The highest BCUT2D eigenvalue weighted by molar-refractivity contribution is 7.98. The van der Waals surface area contributed by atoms with Crippen molar-refractivity contribution < 1.29 is 4.42 Å². The zero-order valence-corrected chi connectivity index (χ0v) is 8.49. The van der Waals surface area contributed by atoms with Crippen molar-refractivity contribution in [2.75, 3.05) is 0 Å². The van der Waals surface area contributed by atoms with Gasteiger partial charge in [-0.1, -0.05) is 17.8 Å². The lowest BCUT2D eigenvalue weighted by Gasteiger charge is -1.95. The first-order valence-corrected chi connectivity index (χ1v) is 5.16. The summed E-state index contributed by atoms with van der Waals surface area (Å²) in [6.45, 7) is 1.78. The van der Waals surface area contributed by atoms with Crippen molar-refractivity contribution in [3.63, 3.8) is 0 Å². The highest BCUT2D eigenvalue weighted by Gasteiger charge is 2.02. The smallest absolute Gasteiger partial charge is 0.226 e. The first-order valence-electron chi connectivity index (χ1n) is 4.17. The van der Waals surface area contributed by atoms with Crippen LogP contribution in [0, 0.1) is 6.92 Å². The summed E-state index contributed by atoms with van der Waals surface area (Å²) in [5.74, 6) is 1.90. The van der Waals surface area contributed by atoms with Gasteiger partial charge < -0.3 is 4.42 Å². The Balaban J connectivity index is 1.95. The molecule has 0 amide bonds. The van der Waals surface area contributed by atoms with Gasteiger partial charge in [0.1, 0.15) is 0 Å². The summed E-state index contributed by atoms with van der Waals surface area (Å²) in [5, 5.41) is 8.61. The van der Waals surface area contributed by atoms with Crippen LogP contribution in [0.5, 0.6) is 0 Å². The number of hydrogen-bond acceptors (Lipinski definition) is 5. The molecule has 0 spiro atoms. The quantitative estimate of drug-likeness (QED) is 0.721. The van der Waals surface area contributed by atoms with Gasteiger partial charge in [-0.05, 0) is 12.1 Å². The molecule has 2 heterocycles. The molecular formula is C9H9N3OS. The molecule has 0 N–H and O–H groups in total. The van der Waals surface area contributed by atoms with E-state index in [1.165, 1.54) is 0 Å². The molecular weight excluding hydrogens is 198 g/mol. The van der Waals surface area contributed by atoms with Gasteiger partial charge in [-0.3, -0.25) is 0 Å². The molecule has 0 atom stereocenters. The summed E-state index contributed by atoms with van der Waals surface area (Å²) in [6.07, 6.45) is 1.77. The van der Waals surface area contributed by atoms with Crippen LogP contribution in [0.4, 0.5) is 0 Å². The Hall–Kier alpha value is -1.36. The van der Waals surface area contributed by atoms with Gasteiger partial charge >= 0.3 is 0 Å². The van der Waals surface area contributed by atoms with E-state index in [1.54, 1.807) is 24.9 Å². The van der Waals surface area contributed by atoms with Crippen molar-refractivity contribution in [3.8, 4) is 0 Å². The number of hydrogen-bond donors (Lipinski definition) is 0. The van der Waals surface area contributed by atoms with Crippen molar-refractivity contribution in [2.24, 2.45) is 0 Å². The standard InChI is InChI=1S/C9H9N3OS/c1-7-11-12-8(13-7)6-14-9-4-2-3-5-10-9/h2-5H,6H2,1H3. The molecule has 0 aliphatic heterocycles. The second-order valence-electron chi connectivity index (χ2n) is 2.67. The fourth-order valence-electron chi connectivity index (χ4n) is 0.964. The molecule has 0 aliphatic rings. The number of pyridine rings is 1. The van der Waals surface area contributed by atoms with Crippen LogP contribution in [0.2, 0.25) is 0 Å². The molecule has 14 heavy (non-hydrogen) atoms. The molecule has 0 bridgehead atoms. The minimum Gasteiger partial charge on any atom is -0.425 e. The summed E-state index contributed by atoms with van der Waals surface area (Å²) in [5.41, 5.74) is 0. The Morgan fingerprint density at radius 3 is 2.93 bits per heavy atom. The molecule has 0 unspecified atom stereocenters. The van der Waals surface area contributed by atoms with Crippen molar-refractivity contribution >= 4 is 11.8 Å². The summed E-state index contributed by atoms with van der Waals surface area (Å²) in [7, 11) is 0. The lowest BCUT2D eigenvalue weighted by Crippen LogP contribution is -1.82. The van der Waals surface area contributed by atoms with E-state index in [2.05, 4.69) is 15.2 Å². The molecule has 0 aromatic carbocycles. The Kier molecular flexibility index (Phi) is 2.78. The van der Waals surface area contributed by atoms with E-state index in [0.29, 0.717) is 17.5 Å². The van der Waals surface area contributed by atoms with Crippen LogP contribution in [-0.4, -0.2) is 15.2 Å². The first-order chi connectivity index (χ1) is 6.84. The van der Waals surface area contributed by atoms with E-state index < -0.39 is 0 Å². The third kappa shape index (κ3) is 2.32. The third-order valence-corrected chi connectivity index (χ3v) is 2.48. The summed E-state index contributed by atoms with van der Waals surface area (Å²) < 4.78 is 5.23. The highest BCUT2D eigenvalue weighted by Crippen LogP contribution is 2.18. The normalized spacial score (nSPS) is 10.4.